The number of nitrogens with one attached hydrogen (secondary N) is 1. The third-order valence-corrected chi connectivity index (χ3v) is 5.78. The predicted molar refractivity (Wildman–Crippen MR) is 125 cm³/mol. The average Bonchev–Trinajstić information content (AvgIpc) is 3.23. The fraction of sp³-hybridized carbons (Fsp3) is 0.280. The standard InChI is InChI=1S/C25H26N4O3/c1-4-18-9-11-19(12-10-18)21-15-22(26-17(3)30)25(32)29(27-21)16(2)24(31)28-14-13-20-7-5-6-8-23(20)28/h5-12,15-16H,4,13-14H2,1-3H3,(H,26,30)/t16-/m1/s1. The van der Waals surface area contributed by atoms with E-state index in [1.807, 2.05) is 48.5 Å². The normalized spacial score (nSPS) is 13.5. The van der Waals surface area contributed by atoms with E-state index in [0.717, 1.165) is 29.7 Å². The Hall–Kier alpha value is -3.74. The van der Waals surface area contributed by atoms with Crippen molar-refractivity contribution in [1.29, 1.82) is 0 Å². The van der Waals surface area contributed by atoms with Crippen molar-refractivity contribution in [3.63, 3.8) is 0 Å². The van der Waals surface area contributed by atoms with Gasteiger partial charge in [0.05, 0.1) is 5.69 Å². The summed E-state index contributed by atoms with van der Waals surface area (Å²) in [5.74, 6) is -0.573. The molecule has 32 heavy (non-hydrogen) atoms. The maximum Gasteiger partial charge on any atom is 0.291 e. The Bertz CT molecular complexity index is 1230. The van der Waals surface area contributed by atoms with Crippen LogP contribution in [0.1, 0.15) is 37.9 Å². The maximum absolute atomic E-state index is 13.4. The second kappa shape index (κ2) is 8.78. The molecule has 1 N–H and O–H groups in total. The summed E-state index contributed by atoms with van der Waals surface area (Å²) in [6.07, 6.45) is 1.69. The number of benzene rings is 2. The number of hydrogen-bond donors (Lipinski definition) is 1. The van der Waals surface area contributed by atoms with Crippen molar-refractivity contribution in [3.8, 4) is 11.3 Å². The minimum atomic E-state index is -0.837. The zero-order valence-electron chi connectivity index (χ0n) is 18.5. The molecule has 1 aliphatic rings. The van der Waals surface area contributed by atoms with Gasteiger partial charge in [-0.05, 0) is 43.0 Å². The molecule has 4 rings (SSSR count). The molecule has 1 aliphatic heterocycles. The van der Waals surface area contributed by atoms with E-state index in [4.69, 9.17) is 0 Å². The Balaban J connectivity index is 1.75. The van der Waals surface area contributed by atoms with Crippen molar-refractivity contribution < 1.29 is 9.59 Å². The quantitative estimate of drug-likeness (QED) is 0.671. The summed E-state index contributed by atoms with van der Waals surface area (Å²) in [5, 5.41) is 7.11. The summed E-state index contributed by atoms with van der Waals surface area (Å²) in [6, 6.07) is 16.4. The van der Waals surface area contributed by atoms with E-state index >= 15 is 0 Å². The highest BCUT2D eigenvalue weighted by atomic mass is 16.2. The second-order valence-corrected chi connectivity index (χ2v) is 7.97. The van der Waals surface area contributed by atoms with Gasteiger partial charge in [-0.2, -0.15) is 5.10 Å². The summed E-state index contributed by atoms with van der Waals surface area (Å²) in [5.41, 5.74) is 4.06. The highest BCUT2D eigenvalue weighted by molar-refractivity contribution is 5.98. The van der Waals surface area contributed by atoms with Crippen molar-refractivity contribution in [2.24, 2.45) is 0 Å². The summed E-state index contributed by atoms with van der Waals surface area (Å²) >= 11 is 0. The number of aromatic nitrogens is 2. The molecule has 2 amide bonds. The van der Waals surface area contributed by atoms with Gasteiger partial charge in [-0.15, -0.1) is 0 Å². The summed E-state index contributed by atoms with van der Waals surface area (Å²) < 4.78 is 1.18. The largest absolute Gasteiger partial charge is 0.322 e. The van der Waals surface area contributed by atoms with E-state index in [1.54, 1.807) is 17.9 Å². The minimum Gasteiger partial charge on any atom is -0.322 e. The van der Waals surface area contributed by atoms with Crippen molar-refractivity contribution in [1.82, 2.24) is 9.78 Å². The van der Waals surface area contributed by atoms with Crippen LogP contribution in [0.25, 0.3) is 11.3 Å². The van der Waals surface area contributed by atoms with Gasteiger partial charge in [0.2, 0.25) is 5.91 Å². The second-order valence-electron chi connectivity index (χ2n) is 7.97. The molecule has 0 unspecified atom stereocenters. The maximum atomic E-state index is 13.4. The Labute approximate surface area is 186 Å². The van der Waals surface area contributed by atoms with E-state index < -0.39 is 11.6 Å². The van der Waals surface area contributed by atoms with Gasteiger partial charge in [0, 0.05) is 24.7 Å². The van der Waals surface area contributed by atoms with Gasteiger partial charge in [-0.3, -0.25) is 14.4 Å². The topological polar surface area (TPSA) is 84.3 Å². The molecule has 0 aliphatic carbocycles. The molecule has 1 aromatic heterocycles. The van der Waals surface area contributed by atoms with Crippen LogP contribution < -0.4 is 15.8 Å². The molecule has 1 atom stereocenters. The van der Waals surface area contributed by atoms with E-state index in [1.165, 1.54) is 17.2 Å². The van der Waals surface area contributed by atoms with Gasteiger partial charge < -0.3 is 10.2 Å². The van der Waals surface area contributed by atoms with E-state index in [9.17, 15) is 14.4 Å². The number of aryl methyl sites for hydroxylation is 1. The lowest BCUT2D eigenvalue weighted by Crippen LogP contribution is -2.40. The van der Waals surface area contributed by atoms with Crippen molar-refractivity contribution >= 4 is 23.2 Å². The monoisotopic (exact) mass is 430 g/mol. The lowest BCUT2D eigenvalue weighted by molar-refractivity contribution is -0.121. The first-order valence-electron chi connectivity index (χ1n) is 10.8. The first-order chi connectivity index (χ1) is 15.4. The number of fused-ring (bicyclic) bond motifs is 1. The lowest BCUT2D eigenvalue weighted by Gasteiger charge is -2.23. The summed E-state index contributed by atoms with van der Waals surface area (Å²) in [4.78, 5) is 39.9. The molecule has 3 aromatic rings. The van der Waals surface area contributed by atoms with Crippen LogP contribution in [-0.2, 0) is 22.4 Å². The van der Waals surface area contributed by atoms with Crippen molar-refractivity contribution in [3.05, 3.63) is 76.1 Å². The van der Waals surface area contributed by atoms with Gasteiger partial charge in [0.25, 0.3) is 11.5 Å². The SMILES string of the molecule is CCc1ccc(-c2cc(NC(C)=O)c(=O)n([C@H](C)C(=O)N3CCc4ccccc43)n2)cc1. The van der Waals surface area contributed by atoms with E-state index in [2.05, 4.69) is 17.3 Å². The average molecular weight is 431 g/mol. The Morgan fingerprint density at radius 1 is 1.12 bits per heavy atom. The first-order valence-corrected chi connectivity index (χ1v) is 10.8. The van der Waals surface area contributed by atoms with Crippen molar-refractivity contribution in [2.45, 2.75) is 39.7 Å². The minimum absolute atomic E-state index is 0.101. The molecular weight excluding hydrogens is 404 g/mol. The van der Waals surface area contributed by atoms with Crippen LogP contribution in [0.3, 0.4) is 0 Å². The molecular formula is C25H26N4O3. The first kappa shape index (κ1) is 21.5. The van der Waals surface area contributed by atoms with Crippen LogP contribution in [0.2, 0.25) is 0 Å². The summed E-state index contributed by atoms with van der Waals surface area (Å²) in [6.45, 7) is 5.65. The molecule has 7 heteroatoms. The molecule has 0 saturated carbocycles. The van der Waals surface area contributed by atoms with Crippen molar-refractivity contribution in [2.75, 3.05) is 16.8 Å². The fourth-order valence-corrected chi connectivity index (χ4v) is 4.00. The molecule has 0 bridgehead atoms. The molecule has 0 fully saturated rings. The number of carbonyl (C=O) groups excluding carboxylic acids is 2. The number of anilines is 2. The van der Waals surface area contributed by atoms with Crippen LogP contribution in [0.5, 0.6) is 0 Å². The highest BCUT2D eigenvalue weighted by Crippen LogP contribution is 2.29. The number of nitrogens with zero attached hydrogens (tertiary/aromatic N) is 3. The number of rotatable bonds is 5. The zero-order valence-corrected chi connectivity index (χ0v) is 18.5. The third-order valence-electron chi connectivity index (χ3n) is 5.78. The number of amides is 2. The molecule has 0 radical (unpaired) electrons. The molecule has 2 heterocycles. The number of hydrogen-bond acceptors (Lipinski definition) is 4. The van der Waals surface area contributed by atoms with Gasteiger partial charge in [0.15, 0.2) is 0 Å². The fourth-order valence-electron chi connectivity index (χ4n) is 4.00. The Morgan fingerprint density at radius 2 is 1.84 bits per heavy atom. The van der Waals surface area contributed by atoms with Gasteiger partial charge in [-0.1, -0.05) is 49.4 Å². The van der Waals surface area contributed by atoms with Gasteiger partial charge in [0.1, 0.15) is 11.7 Å². The van der Waals surface area contributed by atoms with Gasteiger partial charge in [-0.25, -0.2) is 4.68 Å². The van der Waals surface area contributed by atoms with Crippen LogP contribution >= 0.6 is 0 Å². The Kier molecular flexibility index (Phi) is 5.90. The Morgan fingerprint density at radius 3 is 2.53 bits per heavy atom. The van der Waals surface area contributed by atoms with Crippen LogP contribution in [0, 0.1) is 0 Å². The summed E-state index contributed by atoms with van der Waals surface area (Å²) in [7, 11) is 0. The molecule has 164 valence electrons. The molecule has 2 aromatic carbocycles. The van der Waals surface area contributed by atoms with E-state index in [-0.39, 0.29) is 17.5 Å². The molecule has 7 nitrogen and oxygen atoms in total. The molecule has 0 saturated heterocycles. The van der Waals surface area contributed by atoms with Crippen LogP contribution in [-0.4, -0.2) is 28.1 Å². The third kappa shape index (κ3) is 4.06. The number of para-hydroxylation sites is 1. The lowest BCUT2D eigenvalue weighted by atomic mass is 10.1. The van der Waals surface area contributed by atoms with Gasteiger partial charge >= 0.3 is 0 Å². The molecule has 0 spiro atoms. The smallest absolute Gasteiger partial charge is 0.291 e. The number of carbonyl (C=O) groups is 2. The zero-order chi connectivity index (χ0) is 22.8. The predicted octanol–water partition coefficient (Wildman–Crippen LogP) is 3.58. The van der Waals surface area contributed by atoms with Crippen LogP contribution in [0.15, 0.2) is 59.4 Å². The van der Waals surface area contributed by atoms with E-state index in [0.29, 0.717) is 12.2 Å². The highest BCUT2D eigenvalue weighted by Gasteiger charge is 2.30. The van der Waals surface area contributed by atoms with Crippen LogP contribution in [0.4, 0.5) is 11.4 Å².